The first kappa shape index (κ1) is 14.0. The normalized spacial score (nSPS) is 12.0. The van der Waals surface area contributed by atoms with Gasteiger partial charge in [0, 0.05) is 17.3 Å². The van der Waals surface area contributed by atoms with Crippen LogP contribution in [0.3, 0.4) is 0 Å². The molecule has 3 amide bonds. The first-order valence-corrected chi connectivity index (χ1v) is 5.87. The van der Waals surface area contributed by atoms with Crippen LogP contribution in [-0.4, -0.2) is 18.0 Å². The van der Waals surface area contributed by atoms with Gasteiger partial charge in [-0.1, -0.05) is 19.9 Å². The summed E-state index contributed by atoms with van der Waals surface area (Å²) in [4.78, 5) is 22.7. The first-order chi connectivity index (χ1) is 8.40. The maximum Gasteiger partial charge on any atom is 0.319 e. The van der Waals surface area contributed by atoms with Gasteiger partial charge in [-0.15, -0.1) is 0 Å². The quantitative estimate of drug-likeness (QED) is 0.762. The van der Waals surface area contributed by atoms with E-state index in [1.165, 1.54) is 0 Å². The van der Waals surface area contributed by atoms with Gasteiger partial charge < -0.3 is 16.4 Å². The van der Waals surface area contributed by atoms with Crippen LogP contribution < -0.4 is 16.4 Å². The van der Waals surface area contributed by atoms with Crippen molar-refractivity contribution < 1.29 is 9.59 Å². The van der Waals surface area contributed by atoms with Crippen molar-refractivity contribution in [3.8, 4) is 0 Å². The summed E-state index contributed by atoms with van der Waals surface area (Å²) in [6.45, 7) is 5.99. The van der Waals surface area contributed by atoms with E-state index in [1.807, 2.05) is 20.8 Å². The molecule has 0 radical (unpaired) electrons. The third kappa shape index (κ3) is 4.08. The van der Waals surface area contributed by atoms with Crippen LogP contribution >= 0.6 is 0 Å². The number of hydrogen-bond acceptors (Lipinski definition) is 2. The smallest absolute Gasteiger partial charge is 0.319 e. The lowest BCUT2D eigenvalue weighted by molar-refractivity contribution is 0.100. The Morgan fingerprint density at radius 1 is 1.22 bits per heavy atom. The van der Waals surface area contributed by atoms with Crippen LogP contribution in [0.15, 0.2) is 24.3 Å². The topological polar surface area (TPSA) is 84.2 Å². The standard InChI is InChI=1S/C13H19N3O2/c1-8(2)9(3)15-13(18)16-11-6-4-5-10(7-11)12(14)17/h4-9H,1-3H3,(H2,14,17)(H2,15,16,18)/t9-/m1/s1. The number of carbonyl (C=O) groups is 2. The predicted molar refractivity (Wildman–Crippen MR) is 71.4 cm³/mol. The Balaban J connectivity index is 2.65. The Labute approximate surface area is 107 Å². The molecule has 1 aromatic carbocycles. The van der Waals surface area contributed by atoms with Crippen molar-refractivity contribution in [2.75, 3.05) is 5.32 Å². The van der Waals surface area contributed by atoms with Crippen LogP contribution in [0.25, 0.3) is 0 Å². The number of nitrogens with one attached hydrogen (secondary N) is 2. The molecule has 5 nitrogen and oxygen atoms in total. The third-order valence-electron chi connectivity index (χ3n) is 2.76. The monoisotopic (exact) mass is 249 g/mol. The molecule has 98 valence electrons. The van der Waals surface area contributed by atoms with Gasteiger partial charge in [-0.2, -0.15) is 0 Å². The number of primary amides is 1. The molecule has 0 spiro atoms. The number of rotatable bonds is 4. The average molecular weight is 249 g/mol. The number of urea groups is 1. The number of benzene rings is 1. The second-order valence-electron chi connectivity index (χ2n) is 4.58. The van der Waals surface area contributed by atoms with Gasteiger partial charge in [0.25, 0.3) is 0 Å². The predicted octanol–water partition coefficient (Wildman–Crippen LogP) is 1.95. The molecule has 0 aliphatic heterocycles. The van der Waals surface area contributed by atoms with Crippen molar-refractivity contribution in [2.24, 2.45) is 11.7 Å². The van der Waals surface area contributed by atoms with Crippen molar-refractivity contribution in [1.82, 2.24) is 5.32 Å². The number of nitrogens with two attached hydrogens (primary N) is 1. The van der Waals surface area contributed by atoms with Crippen molar-refractivity contribution in [2.45, 2.75) is 26.8 Å². The number of carbonyl (C=O) groups excluding carboxylic acids is 2. The molecule has 18 heavy (non-hydrogen) atoms. The molecule has 1 aromatic rings. The fraction of sp³-hybridized carbons (Fsp3) is 0.385. The first-order valence-electron chi connectivity index (χ1n) is 5.87. The number of anilines is 1. The molecule has 5 heteroatoms. The van der Waals surface area contributed by atoms with Crippen molar-refractivity contribution in [3.63, 3.8) is 0 Å². The zero-order valence-electron chi connectivity index (χ0n) is 10.9. The molecule has 0 aromatic heterocycles. The molecule has 0 fully saturated rings. The summed E-state index contributed by atoms with van der Waals surface area (Å²) in [7, 11) is 0. The van der Waals surface area contributed by atoms with E-state index < -0.39 is 5.91 Å². The summed E-state index contributed by atoms with van der Waals surface area (Å²) in [5, 5.41) is 5.48. The van der Waals surface area contributed by atoms with Gasteiger partial charge in [0.1, 0.15) is 0 Å². The Bertz CT molecular complexity index is 444. The van der Waals surface area contributed by atoms with Crippen molar-refractivity contribution in [3.05, 3.63) is 29.8 Å². The van der Waals surface area contributed by atoms with E-state index in [-0.39, 0.29) is 12.1 Å². The van der Waals surface area contributed by atoms with E-state index >= 15 is 0 Å². The molecule has 0 heterocycles. The van der Waals surface area contributed by atoms with Gasteiger partial charge in [-0.25, -0.2) is 4.79 Å². The number of hydrogen-bond donors (Lipinski definition) is 3. The van der Waals surface area contributed by atoms with Crippen molar-refractivity contribution in [1.29, 1.82) is 0 Å². The third-order valence-corrected chi connectivity index (χ3v) is 2.76. The van der Waals surface area contributed by atoms with Gasteiger partial charge in [-0.3, -0.25) is 4.79 Å². The summed E-state index contributed by atoms with van der Waals surface area (Å²) >= 11 is 0. The summed E-state index contributed by atoms with van der Waals surface area (Å²) in [5.74, 6) is -0.165. The highest BCUT2D eigenvalue weighted by Gasteiger charge is 2.11. The molecule has 0 saturated carbocycles. The minimum Gasteiger partial charge on any atom is -0.366 e. The molecule has 0 unspecified atom stereocenters. The lowest BCUT2D eigenvalue weighted by atomic mass is 10.1. The van der Waals surface area contributed by atoms with Gasteiger partial charge in [-0.05, 0) is 31.0 Å². The fourth-order valence-electron chi connectivity index (χ4n) is 1.29. The van der Waals surface area contributed by atoms with Crippen LogP contribution in [0.1, 0.15) is 31.1 Å². The molecule has 0 saturated heterocycles. The Kier molecular flexibility index (Phi) is 4.71. The summed E-state index contributed by atoms with van der Waals surface area (Å²) < 4.78 is 0. The van der Waals surface area contributed by atoms with Crippen LogP contribution in [-0.2, 0) is 0 Å². The highest BCUT2D eigenvalue weighted by molar-refractivity contribution is 5.95. The lowest BCUT2D eigenvalue weighted by Crippen LogP contribution is -2.39. The maximum atomic E-state index is 11.7. The van der Waals surface area contributed by atoms with Gasteiger partial charge in [0.15, 0.2) is 0 Å². The summed E-state index contributed by atoms with van der Waals surface area (Å²) in [6.07, 6.45) is 0. The summed E-state index contributed by atoms with van der Waals surface area (Å²) in [6, 6.07) is 6.29. The molecule has 4 N–H and O–H groups in total. The molecule has 0 aliphatic carbocycles. The average Bonchev–Trinajstić information content (AvgIpc) is 2.28. The summed E-state index contributed by atoms with van der Waals surface area (Å²) in [5.41, 5.74) is 6.07. The van der Waals surface area contributed by atoms with E-state index in [4.69, 9.17) is 5.73 Å². The Morgan fingerprint density at radius 2 is 1.89 bits per heavy atom. The lowest BCUT2D eigenvalue weighted by Gasteiger charge is -2.17. The Hall–Kier alpha value is -2.04. The minimum absolute atomic E-state index is 0.0734. The molecule has 1 rings (SSSR count). The van der Waals surface area contributed by atoms with Crippen molar-refractivity contribution >= 4 is 17.6 Å². The molecule has 1 atom stereocenters. The highest BCUT2D eigenvalue weighted by atomic mass is 16.2. The highest BCUT2D eigenvalue weighted by Crippen LogP contribution is 2.10. The molecular formula is C13H19N3O2. The van der Waals surface area contributed by atoms with E-state index in [9.17, 15) is 9.59 Å². The molecule has 0 aliphatic rings. The second kappa shape index (κ2) is 6.05. The van der Waals surface area contributed by atoms with Crippen LogP contribution in [0.4, 0.5) is 10.5 Å². The van der Waals surface area contributed by atoms with Crippen LogP contribution in [0, 0.1) is 5.92 Å². The zero-order chi connectivity index (χ0) is 13.7. The van der Waals surface area contributed by atoms with Crippen LogP contribution in [0.5, 0.6) is 0 Å². The van der Waals surface area contributed by atoms with E-state index in [1.54, 1.807) is 24.3 Å². The Morgan fingerprint density at radius 3 is 2.44 bits per heavy atom. The minimum atomic E-state index is -0.519. The largest absolute Gasteiger partial charge is 0.366 e. The zero-order valence-corrected chi connectivity index (χ0v) is 10.9. The van der Waals surface area contributed by atoms with Gasteiger partial charge in [0.05, 0.1) is 0 Å². The van der Waals surface area contributed by atoms with E-state index in [0.29, 0.717) is 17.2 Å². The maximum absolute atomic E-state index is 11.7. The van der Waals surface area contributed by atoms with Gasteiger partial charge >= 0.3 is 6.03 Å². The fourth-order valence-corrected chi connectivity index (χ4v) is 1.29. The van der Waals surface area contributed by atoms with Gasteiger partial charge in [0.2, 0.25) is 5.91 Å². The molecule has 0 bridgehead atoms. The van der Waals surface area contributed by atoms with E-state index in [0.717, 1.165) is 0 Å². The van der Waals surface area contributed by atoms with E-state index in [2.05, 4.69) is 10.6 Å². The van der Waals surface area contributed by atoms with Crippen LogP contribution in [0.2, 0.25) is 0 Å². The number of amides is 3. The molecular weight excluding hydrogens is 230 g/mol. The SMILES string of the molecule is CC(C)[C@@H](C)NC(=O)Nc1cccc(C(N)=O)c1. The second-order valence-corrected chi connectivity index (χ2v) is 4.58.